The molecule has 0 unspecified atom stereocenters. The average Bonchev–Trinajstić information content (AvgIpc) is 2.26. The highest BCUT2D eigenvalue weighted by atomic mass is 16.5. The minimum Gasteiger partial charge on any atom is -0.501 e. The maximum absolute atomic E-state index is 5.39. The molecule has 0 N–H and O–H groups in total. The third-order valence-corrected chi connectivity index (χ3v) is 1.57. The molecular formula is C12H22O3. The SMILES string of the molecule is CC=COCCCOCCCOC=CC. The standard InChI is InChI=1S/C12H22O3/c1-3-7-13-9-5-11-15-12-6-10-14-8-4-2/h3-4,7-8H,5-6,9-12H2,1-2H3. The highest BCUT2D eigenvalue weighted by Gasteiger charge is 1.89. The second kappa shape index (κ2) is 13.0. The number of allylic oxidation sites excluding steroid dienone is 2. The van der Waals surface area contributed by atoms with E-state index in [1.165, 1.54) is 0 Å². The van der Waals surface area contributed by atoms with Gasteiger partial charge in [0.2, 0.25) is 0 Å². The van der Waals surface area contributed by atoms with Gasteiger partial charge in [-0.15, -0.1) is 0 Å². The molecule has 0 aromatic rings. The number of ether oxygens (including phenoxy) is 3. The lowest BCUT2D eigenvalue weighted by Gasteiger charge is -2.04. The molecule has 0 atom stereocenters. The predicted octanol–water partition coefficient (Wildman–Crippen LogP) is 2.88. The van der Waals surface area contributed by atoms with Crippen molar-refractivity contribution in [2.24, 2.45) is 0 Å². The minimum absolute atomic E-state index is 0.722. The van der Waals surface area contributed by atoms with Gasteiger partial charge in [-0.3, -0.25) is 0 Å². The first-order valence-electron chi connectivity index (χ1n) is 5.45. The third kappa shape index (κ3) is 13.0. The van der Waals surface area contributed by atoms with Gasteiger partial charge in [0.05, 0.1) is 25.7 Å². The summed E-state index contributed by atoms with van der Waals surface area (Å²) < 4.78 is 15.7. The van der Waals surface area contributed by atoms with Gasteiger partial charge in [-0.2, -0.15) is 0 Å². The van der Waals surface area contributed by atoms with E-state index in [1.807, 2.05) is 26.0 Å². The van der Waals surface area contributed by atoms with E-state index in [0.717, 1.165) is 39.3 Å². The molecule has 0 rings (SSSR count). The number of rotatable bonds is 10. The summed E-state index contributed by atoms with van der Waals surface area (Å²) in [5, 5.41) is 0. The molecule has 3 heteroatoms. The lowest BCUT2D eigenvalue weighted by Crippen LogP contribution is -2.02. The molecule has 0 aromatic heterocycles. The maximum Gasteiger partial charge on any atom is 0.0895 e. The van der Waals surface area contributed by atoms with Crippen LogP contribution in [0, 0.1) is 0 Å². The van der Waals surface area contributed by atoms with Crippen molar-refractivity contribution < 1.29 is 14.2 Å². The lowest BCUT2D eigenvalue weighted by atomic mass is 10.4. The van der Waals surface area contributed by atoms with Crippen molar-refractivity contribution in [1.29, 1.82) is 0 Å². The van der Waals surface area contributed by atoms with Crippen LogP contribution in [0.4, 0.5) is 0 Å². The van der Waals surface area contributed by atoms with E-state index < -0.39 is 0 Å². The molecule has 0 heterocycles. The van der Waals surface area contributed by atoms with Gasteiger partial charge >= 0.3 is 0 Å². The van der Waals surface area contributed by atoms with Gasteiger partial charge < -0.3 is 14.2 Å². The van der Waals surface area contributed by atoms with E-state index in [2.05, 4.69) is 0 Å². The van der Waals surface area contributed by atoms with Crippen LogP contribution in [-0.2, 0) is 14.2 Å². The Morgan fingerprint density at radius 2 is 1.20 bits per heavy atom. The summed E-state index contributed by atoms with van der Waals surface area (Å²) in [4.78, 5) is 0. The molecule has 0 aliphatic carbocycles. The minimum atomic E-state index is 0.722. The fourth-order valence-corrected chi connectivity index (χ4v) is 0.919. The second-order valence-electron chi connectivity index (χ2n) is 3.00. The predicted molar refractivity (Wildman–Crippen MR) is 61.6 cm³/mol. The first kappa shape index (κ1) is 14.0. The Balaban J connectivity index is 2.92. The molecule has 0 aliphatic heterocycles. The first-order valence-corrected chi connectivity index (χ1v) is 5.45. The lowest BCUT2D eigenvalue weighted by molar-refractivity contribution is 0.0960. The van der Waals surface area contributed by atoms with Crippen molar-refractivity contribution in [3.8, 4) is 0 Å². The molecule has 3 nitrogen and oxygen atoms in total. The van der Waals surface area contributed by atoms with Gasteiger partial charge in [0, 0.05) is 26.1 Å². The fraction of sp³-hybridized carbons (Fsp3) is 0.667. The molecule has 0 saturated heterocycles. The molecular weight excluding hydrogens is 192 g/mol. The van der Waals surface area contributed by atoms with Gasteiger partial charge in [-0.05, 0) is 13.8 Å². The monoisotopic (exact) mass is 214 g/mol. The molecule has 0 aromatic carbocycles. The van der Waals surface area contributed by atoms with Gasteiger partial charge in [-0.25, -0.2) is 0 Å². The molecule has 15 heavy (non-hydrogen) atoms. The fourth-order valence-electron chi connectivity index (χ4n) is 0.919. The van der Waals surface area contributed by atoms with Crippen LogP contribution in [0.5, 0.6) is 0 Å². The smallest absolute Gasteiger partial charge is 0.0895 e. The summed E-state index contributed by atoms with van der Waals surface area (Å²) in [6, 6.07) is 0. The van der Waals surface area contributed by atoms with Crippen LogP contribution in [0.25, 0.3) is 0 Å². The second-order valence-corrected chi connectivity index (χ2v) is 3.00. The molecule has 88 valence electrons. The largest absolute Gasteiger partial charge is 0.501 e. The Hall–Kier alpha value is -0.960. The van der Waals surface area contributed by atoms with E-state index in [9.17, 15) is 0 Å². The Bertz CT molecular complexity index is 146. The van der Waals surface area contributed by atoms with E-state index in [0.29, 0.717) is 0 Å². The molecule has 0 bridgehead atoms. The highest BCUT2D eigenvalue weighted by Crippen LogP contribution is 1.90. The Labute approximate surface area is 92.7 Å². The summed E-state index contributed by atoms with van der Waals surface area (Å²) in [5.41, 5.74) is 0. The van der Waals surface area contributed by atoms with Crippen LogP contribution in [0.2, 0.25) is 0 Å². The number of hydrogen-bond acceptors (Lipinski definition) is 3. The highest BCUT2D eigenvalue weighted by molar-refractivity contribution is 4.65. The van der Waals surface area contributed by atoms with Crippen molar-refractivity contribution in [3.05, 3.63) is 24.7 Å². The van der Waals surface area contributed by atoms with Crippen LogP contribution in [-0.4, -0.2) is 26.4 Å². The zero-order chi connectivity index (χ0) is 11.2. The maximum atomic E-state index is 5.39. The summed E-state index contributed by atoms with van der Waals surface area (Å²) in [7, 11) is 0. The van der Waals surface area contributed by atoms with Crippen molar-refractivity contribution in [3.63, 3.8) is 0 Å². The van der Waals surface area contributed by atoms with Crippen molar-refractivity contribution >= 4 is 0 Å². The van der Waals surface area contributed by atoms with Gasteiger partial charge in [0.25, 0.3) is 0 Å². The first-order chi connectivity index (χ1) is 7.41. The summed E-state index contributed by atoms with van der Waals surface area (Å²) in [5.74, 6) is 0. The molecule has 0 fully saturated rings. The van der Waals surface area contributed by atoms with Crippen LogP contribution < -0.4 is 0 Å². The quantitative estimate of drug-likeness (QED) is 0.413. The van der Waals surface area contributed by atoms with E-state index in [4.69, 9.17) is 14.2 Å². The van der Waals surface area contributed by atoms with E-state index in [-0.39, 0.29) is 0 Å². The third-order valence-electron chi connectivity index (χ3n) is 1.57. The Morgan fingerprint density at radius 1 is 0.733 bits per heavy atom. The molecule has 0 radical (unpaired) electrons. The molecule has 0 spiro atoms. The topological polar surface area (TPSA) is 27.7 Å². The summed E-state index contributed by atoms with van der Waals surface area (Å²) >= 11 is 0. The van der Waals surface area contributed by atoms with E-state index in [1.54, 1.807) is 12.5 Å². The molecule has 0 aliphatic rings. The van der Waals surface area contributed by atoms with Crippen molar-refractivity contribution in [1.82, 2.24) is 0 Å². The number of hydrogen-bond donors (Lipinski definition) is 0. The van der Waals surface area contributed by atoms with Crippen LogP contribution >= 0.6 is 0 Å². The van der Waals surface area contributed by atoms with Gasteiger partial charge in [0.1, 0.15) is 0 Å². The zero-order valence-electron chi connectivity index (χ0n) is 9.78. The van der Waals surface area contributed by atoms with Crippen molar-refractivity contribution in [2.45, 2.75) is 26.7 Å². The van der Waals surface area contributed by atoms with Gasteiger partial charge in [-0.1, -0.05) is 12.2 Å². The molecule has 0 amide bonds. The Morgan fingerprint density at radius 3 is 1.60 bits per heavy atom. The van der Waals surface area contributed by atoms with E-state index >= 15 is 0 Å². The Kier molecular flexibility index (Phi) is 12.2. The van der Waals surface area contributed by atoms with Crippen LogP contribution in [0.3, 0.4) is 0 Å². The zero-order valence-corrected chi connectivity index (χ0v) is 9.78. The summed E-state index contributed by atoms with van der Waals surface area (Å²) in [6.45, 7) is 6.81. The van der Waals surface area contributed by atoms with Crippen molar-refractivity contribution in [2.75, 3.05) is 26.4 Å². The van der Waals surface area contributed by atoms with Gasteiger partial charge in [0.15, 0.2) is 0 Å². The summed E-state index contributed by atoms with van der Waals surface area (Å²) in [6.07, 6.45) is 9.01. The van der Waals surface area contributed by atoms with Crippen LogP contribution in [0.1, 0.15) is 26.7 Å². The average molecular weight is 214 g/mol. The molecule has 0 saturated carbocycles. The van der Waals surface area contributed by atoms with Crippen LogP contribution in [0.15, 0.2) is 24.7 Å². The normalized spacial score (nSPS) is 11.3.